The third-order valence-electron chi connectivity index (χ3n) is 2.37. The lowest BCUT2D eigenvalue weighted by atomic mass is 10.3. The van der Waals surface area contributed by atoms with Crippen LogP contribution in [0.5, 0.6) is 5.75 Å². The maximum absolute atomic E-state index is 5.40. The summed E-state index contributed by atoms with van der Waals surface area (Å²) in [6, 6.07) is 19.7. The van der Waals surface area contributed by atoms with Crippen LogP contribution in [0.15, 0.2) is 85.2 Å². The minimum absolute atomic E-state index is 0.832. The second-order valence-electron chi connectivity index (χ2n) is 3.82. The molecule has 0 spiro atoms. The predicted octanol–water partition coefficient (Wildman–Crippen LogP) is 3.64. The fourth-order valence-corrected chi connectivity index (χ4v) is 1.46. The van der Waals surface area contributed by atoms with Gasteiger partial charge in [0.2, 0.25) is 5.69 Å². The van der Waals surface area contributed by atoms with Gasteiger partial charge in [-0.1, -0.05) is 56.3 Å². The lowest BCUT2D eigenvalue weighted by Crippen LogP contribution is -2.60. The molecule has 108 valence electrons. The van der Waals surface area contributed by atoms with E-state index in [0.717, 1.165) is 11.4 Å². The topological polar surface area (TPSA) is 23.2 Å². The van der Waals surface area contributed by atoms with Crippen molar-refractivity contribution in [1.29, 1.82) is 0 Å². The molecule has 2 aromatic rings. The summed E-state index contributed by atoms with van der Waals surface area (Å²) in [5.74, 6) is 0.832. The molecular weight excluding hydrogens is 258 g/mol. The maximum Gasteiger partial charge on any atom is 0.203 e. The van der Waals surface area contributed by atoms with Crippen LogP contribution in [-0.2, 0) is 0 Å². The Bertz CT molecular complexity index is 557. The van der Waals surface area contributed by atoms with Crippen LogP contribution in [0.1, 0.15) is 13.8 Å². The molecule has 0 unspecified atom stereocenters. The van der Waals surface area contributed by atoms with E-state index in [4.69, 9.17) is 4.74 Å². The number of benzene rings is 2. The Kier molecular flexibility index (Phi) is 8.80. The monoisotopic (exact) mass is 280 g/mol. The second-order valence-corrected chi connectivity index (χ2v) is 3.82. The number of nitrogens with one attached hydrogen (secondary N) is 1. The standard InChI is InChI=1S/C17H15NO.C2H6/c1-4-10-16(11-5-1)18-14-8-3-9-15-19-17-12-6-2-7-13-17;1-2/h1-15H;1-2H3/p+1/b8-3+,15-9?,18-14?;. The first-order chi connectivity index (χ1) is 10.4. The summed E-state index contributed by atoms with van der Waals surface area (Å²) < 4.78 is 5.40. The Hall–Kier alpha value is -2.61. The molecule has 0 aliphatic rings. The molecule has 1 N–H and O–H groups in total. The van der Waals surface area contributed by atoms with Crippen molar-refractivity contribution < 1.29 is 9.73 Å². The Labute approximate surface area is 127 Å². The summed E-state index contributed by atoms with van der Waals surface area (Å²) in [6.45, 7) is 4.00. The van der Waals surface area contributed by atoms with Crippen molar-refractivity contribution in [2.24, 2.45) is 0 Å². The lowest BCUT2D eigenvalue weighted by molar-refractivity contribution is -0.346. The summed E-state index contributed by atoms with van der Waals surface area (Å²) in [4.78, 5) is 3.17. The van der Waals surface area contributed by atoms with E-state index in [-0.39, 0.29) is 0 Å². The number of para-hydroxylation sites is 2. The summed E-state index contributed by atoms with van der Waals surface area (Å²) >= 11 is 0. The molecule has 0 aromatic heterocycles. The van der Waals surface area contributed by atoms with Crippen molar-refractivity contribution in [2.45, 2.75) is 13.8 Å². The molecule has 21 heavy (non-hydrogen) atoms. The zero-order valence-electron chi connectivity index (χ0n) is 12.6. The molecule has 0 heterocycles. The highest BCUT2D eigenvalue weighted by molar-refractivity contribution is 5.66. The molecule has 0 saturated heterocycles. The zero-order chi connectivity index (χ0) is 15.2. The fourth-order valence-electron chi connectivity index (χ4n) is 1.46. The van der Waals surface area contributed by atoms with Crippen molar-refractivity contribution in [3.05, 3.63) is 85.2 Å². The van der Waals surface area contributed by atoms with Crippen molar-refractivity contribution in [1.82, 2.24) is 0 Å². The molecule has 2 heteroatoms. The summed E-state index contributed by atoms with van der Waals surface area (Å²) in [5.41, 5.74) is 1.07. The van der Waals surface area contributed by atoms with Crippen molar-refractivity contribution >= 4 is 11.9 Å². The third kappa shape index (κ3) is 7.53. The van der Waals surface area contributed by atoms with Crippen LogP contribution in [0.3, 0.4) is 0 Å². The third-order valence-corrected chi connectivity index (χ3v) is 2.37. The highest BCUT2D eigenvalue weighted by Gasteiger charge is 1.87. The lowest BCUT2D eigenvalue weighted by Gasteiger charge is -1.96. The van der Waals surface area contributed by atoms with Gasteiger partial charge in [-0.05, 0) is 18.2 Å². The average molecular weight is 280 g/mol. The van der Waals surface area contributed by atoms with Crippen LogP contribution in [0.25, 0.3) is 0 Å². The van der Waals surface area contributed by atoms with E-state index < -0.39 is 0 Å². The molecule has 0 radical (unpaired) electrons. The van der Waals surface area contributed by atoms with Gasteiger partial charge in [0.25, 0.3) is 0 Å². The van der Waals surface area contributed by atoms with Gasteiger partial charge >= 0.3 is 0 Å². The molecule has 0 aliphatic heterocycles. The molecule has 2 rings (SSSR count). The number of hydrogen-bond acceptors (Lipinski definition) is 1. The van der Waals surface area contributed by atoms with Crippen LogP contribution in [0, 0.1) is 0 Å². The number of ether oxygens (including phenoxy) is 1. The van der Waals surface area contributed by atoms with Gasteiger partial charge in [-0.25, -0.2) is 4.99 Å². The molecule has 0 bridgehead atoms. The number of rotatable bonds is 5. The smallest absolute Gasteiger partial charge is 0.203 e. The molecular formula is C19H22NO+. The molecule has 0 saturated carbocycles. The number of hydrogen-bond donors (Lipinski definition) is 1. The molecule has 0 amide bonds. The molecule has 0 fully saturated rings. The van der Waals surface area contributed by atoms with E-state index in [2.05, 4.69) is 4.99 Å². The second kappa shape index (κ2) is 11.2. The molecule has 0 atom stereocenters. The minimum Gasteiger partial charge on any atom is -0.465 e. The summed E-state index contributed by atoms with van der Waals surface area (Å²) in [6.07, 6.45) is 9.19. The highest BCUT2D eigenvalue weighted by Crippen LogP contribution is 2.07. The molecule has 2 aromatic carbocycles. The predicted molar refractivity (Wildman–Crippen MR) is 89.8 cm³/mol. The minimum atomic E-state index is 0.832. The van der Waals surface area contributed by atoms with E-state index in [1.807, 2.05) is 99.0 Å². The fraction of sp³-hybridized carbons (Fsp3) is 0.105. The van der Waals surface area contributed by atoms with Crippen LogP contribution in [-0.4, -0.2) is 6.21 Å². The van der Waals surface area contributed by atoms with Gasteiger partial charge in [0.15, 0.2) is 6.21 Å². The SMILES string of the molecule is C(=COc1ccccc1)/C=C/C=[NH+]c1ccccc1.CC. The zero-order valence-corrected chi connectivity index (χ0v) is 12.6. The van der Waals surface area contributed by atoms with Gasteiger partial charge in [0.1, 0.15) is 5.75 Å². The van der Waals surface area contributed by atoms with E-state index >= 15 is 0 Å². The van der Waals surface area contributed by atoms with Crippen LogP contribution >= 0.6 is 0 Å². The Balaban J connectivity index is 0.00000106. The van der Waals surface area contributed by atoms with Crippen LogP contribution in [0.2, 0.25) is 0 Å². The molecule has 2 nitrogen and oxygen atoms in total. The van der Waals surface area contributed by atoms with Crippen molar-refractivity contribution in [2.75, 3.05) is 0 Å². The first-order valence-corrected chi connectivity index (χ1v) is 7.13. The van der Waals surface area contributed by atoms with Crippen LogP contribution < -0.4 is 9.73 Å². The Morgan fingerprint density at radius 1 is 0.762 bits per heavy atom. The van der Waals surface area contributed by atoms with Gasteiger partial charge in [0.05, 0.1) is 6.26 Å². The van der Waals surface area contributed by atoms with E-state index in [1.165, 1.54) is 0 Å². The number of allylic oxidation sites excluding steroid dienone is 3. The van der Waals surface area contributed by atoms with Gasteiger partial charge in [-0.15, -0.1) is 0 Å². The summed E-state index contributed by atoms with van der Waals surface area (Å²) in [5, 5.41) is 0. The van der Waals surface area contributed by atoms with Gasteiger partial charge in [-0.2, -0.15) is 0 Å². The average Bonchev–Trinajstić information content (AvgIpc) is 2.58. The first kappa shape index (κ1) is 16.4. The normalized spacial score (nSPS) is 10.8. The first-order valence-electron chi connectivity index (χ1n) is 7.13. The quantitative estimate of drug-likeness (QED) is 0.504. The summed E-state index contributed by atoms with van der Waals surface area (Å²) in [7, 11) is 0. The van der Waals surface area contributed by atoms with E-state index in [9.17, 15) is 0 Å². The van der Waals surface area contributed by atoms with Gasteiger partial charge < -0.3 is 4.74 Å². The van der Waals surface area contributed by atoms with Crippen molar-refractivity contribution in [3.8, 4) is 5.75 Å². The Morgan fingerprint density at radius 2 is 1.38 bits per heavy atom. The highest BCUT2D eigenvalue weighted by atomic mass is 16.5. The van der Waals surface area contributed by atoms with E-state index in [0.29, 0.717) is 0 Å². The maximum atomic E-state index is 5.40. The van der Waals surface area contributed by atoms with E-state index in [1.54, 1.807) is 6.26 Å². The van der Waals surface area contributed by atoms with Gasteiger partial charge in [-0.3, -0.25) is 0 Å². The Morgan fingerprint density at radius 3 is 2.05 bits per heavy atom. The van der Waals surface area contributed by atoms with Crippen molar-refractivity contribution in [3.63, 3.8) is 0 Å². The van der Waals surface area contributed by atoms with Gasteiger partial charge in [0, 0.05) is 18.2 Å². The largest absolute Gasteiger partial charge is 0.465 e. The molecule has 0 aliphatic carbocycles. The van der Waals surface area contributed by atoms with Crippen LogP contribution in [0.4, 0.5) is 5.69 Å².